The zero-order chi connectivity index (χ0) is 15.5. The quantitative estimate of drug-likeness (QED) is 0.708. The number of nitrogens with one attached hydrogen (secondary N) is 1. The molecular weight excluding hydrogens is 416 g/mol. The number of rotatable bonds is 4. The van der Waals surface area contributed by atoms with Gasteiger partial charge >= 0.3 is 6.18 Å². The molecule has 0 amide bonds. The van der Waals surface area contributed by atoms with Crippen molar-refractivity contribution in [2.45, 2.75) is 32.0 Å². The van der Waals surface area contributed by atoms with E-state index in [0.29, 0.717) is 0 Å². The molecule has 1 atom stereocenters. The van der Waals surface area contributed by atoms with Crippen LogP contribution in [-0.2, 0) is 6.18 Å². The fraction of sp³-hybridized carbons (Fsp3) is 0.600. The Bertz CT molecular complexity index is 480. The molecule has 0 unspecified atom stereocenters. The normalized spacial score (nSPS) is 17.1. The lowest BCUT2D eigenvalue weighted by molar-refractivity contribution is -0.137. The van der Waals surface area contributed by atoms with Gasteiger partial charge in [-0.25, -0.2) is 0 Å². The van der Waals surface area contributed by atoms with Gasteiger partial charge in [-0.05, 0) is 30.2 Å². The first kappa shape index (κ1) is 23.0. The predicted octanol–water partition coefficient (Wildman–Crippen LogP) is 5.06. The van der Waals surface area contributed by atoms with Crippen LogP contribution < -0.4 is 5.32 Å². The SMILES string of the molecule is CCC[C@H](c1cc(C(F)(F)F)ccc1Br)N1CCNCC1.Cl.Cl. The summed E-state index contributed by atoms with van der Waals surface area (Å²) in [5.41, 5.74) is 0.172. The zero-order valence-electron chi connectivity index (χ0n) is 12.8. The van der Waals surface area contributed by atoms with Crippen LogP contribution in [0, 0.1) is 0 Å². The monoisotopic (exact) mass is 436 g/mol. The highest BCUT2D eigenvalue weighted by atomic mass is 79.9. The maximum atomic E-state index is 13.0. The van der Waals surface area contributed by atoms with E-state index in [9.17, 15) is 13.2 Å². The van der Waals surface area contributed by atoms with Gasteiger partial charge in [0.05, 0.1) is 5.56 Å². The highest BCUT2D eigenvalue weighted by molar-refractivity contribution is 9.10. The van der Waals surface area contributed by atoms with E-state index in [1.54, 1.807) is 0 Å². The smallest absolute Gasteiger partial charge is 0.314 e. The van der Waals surface area contributed by atoms with Gasteiger partial charge in [-0.2, -0.15) is 13.2 Å². The highest BCUT2D eigenvalue weighted by Gasteiger charge is 2.32. The van der Waals surface area contributed by atoms with Crippen LogP contribution in [0.1, 0.15) is 36.9 Å². The summed E-state index contributed by atoms with van der Waals surface area (Å²) in [6.07, 6.45) is -2.49. The number of halogens is 6. The van der Waals surface area contributed by atoms with Gasteiger partial charge in [0.15, 0.2) is 0 Å². The zero-order valence-corrected chi connectivity index (χ0v) is 16.0. The number of hydrogen-bond acceptors (Lipinski definition) is 2. The Kier molecular flexibility index (Phi) is 10.1. The maximum Gasteiger partial charge on any atom is 0.416 e. The lowest BCUT2D eigenvalue weighted by atomic mass is 9.98. The summed E-state index contributed by atoms with van der Waals surface area (Å²) in [7, 11) is 0. The van der Waals surface area contributed by atoms with Crippen LogP contribution in [0.3, 0.4) is 0 Å². The molecule has 2 rings (SSSR count). The Balaban J connectivity index is 0.00000242. The van der Waals surface area contributed by atoms with Gasteiger partial charge in [-0.15, -0.1) is 24.8 Å². The minimum atomic E-state index is -4.30. The van der Waals surface area contributed by atoms with Crippen LogP contribution in [0.2, 0.25) is 0 Å². The van der Waals surface area contributed by atoms with Crippen molar-refractivity contribution in [3.8, 4) is 0 Å². The number of piperazine rings is 1. The van der Waals surface area contributed by atoms with Crippen LogP contribution in [0.15, 0.2) is 22.7 Å². The predicted molar refractivity (Wildman–Crippen MR) is 95.7 cm³/mol. The molecule has 23 heavy (non-hydrogen) atoms. The molecular formula is C15H22BrCl2F3N2. The van der Waals surface area contributed by atoms with Crippen LogP contribution in [0.4, 0.5) is 13.2 Å². The first-order valence-corrected chi connectivity index (χ1v) is 8.04. The van der Waals surface area contributed by atoms with Crippen molar-refractivity contribution in [1.29, 1.82) is 0 Å². The summed E-state index contributed by atoms with van der Waals surface area (Å²) in [4.78, 5) is 2.28. The van der Waals surface area contributed by atoms with Gasteiger partial charge in [0, 0.05) is 36.7 Å². The van der Waals surface area contributed by atoms with Crippen molar-refractivity contribution in [2.24, 2.45) is 0 Å². The molecule has 0 spiro atoms. The molecule has 0 bridgehead atoms. The van der Waals surface area contributed by atoms with E-state index in [1.165, 1.54) is 12.1 Å². The van der Waals surface area contributed by atoms with Crippen molar-refractivity contribution in [1.82, 2.24) is 10.2 Å². The second-order valence-corrected chi connectivity index (χ2v) is 6.18. The molecule has 0 radical (unpaired) electrons. The van der Waals surface area contributed by atoms with Crippen molar-refractivity contribution in [2.75, 3.05) is 26.2 Å². The van der Waals surface area contributed by atoms with Crippen molar-refractivity contribution < 1.29 is 13.2 Å². The van der Waals surface area contributed by atoms with Gasteiger partial charge in [0.25, 0.3) is 0 Å². The molecule has 0 aliphatic carbocycles. The summed E-state index contributed by atoms with van der Waals surface area (Å²) in [5, 5.41) is 3.28. The topological polar surface area (TPSA) is 15.3 Å². The maximum absolute atomic E-state index is 13.0. The Labute approximate surface area is 156 Å². The molecule has 0 saturated carbocycles. The van der Waals surface area contributed by atoms with Gasteiger partial charge in [0.2, 0.25) is 0 Å². The van der Waals surface area contributed by atoms with Crippen LogP contribution >= 0.6 is 40.7 Å². The van der Waals surface area contributed by atoms with E-state index in [4.69, 9.17) is 0 Å². The van der Waals surface area contributed by atoms with E-state index >= 15 is 0 Å². The van der Waals surface area contributed by atoms with Crippen LogP contribution in [0.25, 0.3) is 0 Å². The van der Waals surface area contributed by atoms with Gasteiger partial charge in [-0.3, -0.25) is 4.90 Å². The number of alkyl halides is 3. The first-order valence-electron chi connectivity index (χ1n) is 7.25. The molecule has 1 heterocycles. The molecule has 8 heteroatoms. The molecule has 1 aromatic carbocycles. The molecule has 1 saturated heterocycles. The molecule has 1 aliphatic rings. The lowest BCUT2D eigenvalue weighted by Gasteiger charge is -2.36. The van der Waals surface area contributed by atoms with E-state index < -0.39 is 11.7 Å². The highest BCUT2D eigenvalue weighted by Crippen LogP contribution is 2.37. The second-order valence-electron chi connectivity index (χ2n) is 5.32. The fourth-order valence-electron chi connectivity index (χ4n) is 2.78. The number of hydrogen-bond donors (Lipinski definition) is 1. The number of nitrogens with zero attached hydrogens (tertiary/aromatic N) is 1. The molecule has 1 fully saturated rings. The largest absolute Gasteiger partial charge is 0.416 e. The summed E-state index contributed by atoms with van der Waals surface area (Å²) in [5.74, 6) is 0. The molecule has 0 aromatic heterocycles. The Morgan fingerprint density at radius 1 is 1.22 bits per heavy atom. The van der Waals surface area contributed by atoms with E-state index in [-0.39, 0.29) is 30.9 Å². The third-order valence-electron chi connectivity index (χ3n) is 3.84. The second kappa shape index (κ2) is 10.1. The van der Waals surface area contributed by atoms with Gasteiger partial charge in [-0.1, -0.05) is 29.3 Å². The van der Waals surface area contributed by atoms with Crippen molar-refractivity contribution in [3.63, 3.8) is 0 Å². The fourth-order valence-corrected chi connectivity index (χ4v) is 3.29. The van der Waals surface area contributed by atoms with E-state index in [0.717, 1.165) is 55.1 Å². The Morgan fingerprint density at radius 2 is 1.83 bits per heavy atom. The summed E-state index contributed by atoms with van der Waals surface area (Å²) < 4.78 is 39.6. The van der Waals surface area contributed by atoms with Gasteiger partial charge in [0.1, 0.15) is 0 Å². The average molecular weight is 438 g/mol. The third-order valence-corrected chi connectivity index (χ3v) is 4.56. The number of benzene rings is 1. The van der Waals surface area contributed by atoms with Gasteiger partial charge < -0.3 is 5.32 Å². The van der Waals surface area contributed by atoms with E-state index in [1.807, 2.05) is 0 Å². The van der Waals surface area contributed by atoms with Crippen molar-refractivity contribution >= 4 is 40.7 Å². The van der Waals surface area contributed by atoms with E-state index in [2.05, 4.69) is 33.1 Å². The standard InChI is InChI=1S/C15H20BrF3N2.2ClH/c1-2-3-14(21-8-6-20-7-9-21)12-10-11(15(17,18)19)4-5-13(12)16;;/h4-5,10,14,20H,2-3,6-9H2,1H3;2*1H/t14-;;/m1../s1. The van der Waals surface area contributed by atoms with Crippen LogP contribution in [-0.4, -0.2) is 31.1 Å². The molecule has 1 aliphatic heterocycles. The lowest BCUT2D eigenvalue weighted by Crippen LogP contribution is -2.45. The minimum absolute atomic E-state index is 0. The summed E-state index contributed by atoms with van der Waals surface area (Å²) >= 11 is 3.42. The Hall–Kier alpha value is -0.0100. The minimum Gasteiger partial charge on any atom is -0.314 e. The first-order chi connectivity index (χ1) is 9.93. The summed E-state index contributed by atoms with van der Waals surface area (Å²) in [6.45, 7) is 5.57. The average Bonchev–Trinajstić information content (AvgIpc) is 2.45. The summed E-state index contributed by atoms with van der Waals surface area (Å²) in [6, 6.07) is 3.98. The molecule has 134 valence electrons. The Morgan fingerprint density at radius 3 is 2.35 bits per heavy atom. The third kappa shape index (κ3) is 6.09. The van der Waals surface area contributed by atoms with Crippen molar-refractivity contribution in [3.05, 3.63) is 33.8 Å². The molecule has 1 N–H and O–H groups in total. The molecule has 1 aromatic rings. The van der Waals surface area contributed by atoms with Crippen LogP contribution in [0.5, 0.6) is 0 Å². The molecule has 2 nitrogen and oxygen atoms in total.